The molecule has 2 aliphatic rings. The van der Waals surface area contributed by atoms with E-state index in [-0.39, 0.29) is 12.0 Å². The number of aromatic nitrogens is 2. The summed E-state index contributed by atoms with van der Waals surface area (Å²) in [6.45, 7) is 0. The Morgan fingerprint density at radius 3 is 2.95 bits per heavy atom. The molecular weight excluding hydrogens is 270 g/mol. The summed E-state index contributed by atoms with van der Waals surface area (Å²) in [5.41, 5.74) is 7.16. The molecular formula is C15H17N3O3. The van der Waals surface area contributed by atoms with Crippen molar-refractivity contribution in [1.29, 1.82) is 0 Å². The largest absolute Gasteiger partial charge is 0.496 e. The van der Waals surface area contributed by atoms with Crippen molar-refractivity contribution in [3.05, 3.63) is 24.0 Å². The van der Waals surface area contributed by atoms with Gasteiger partial charge in [-0.1, -0.05) is 5.16 Å². The van der Waals surface area contributed by atoms with Gasteiger partial charge in [0.25, 0.3) is 5.89 Å². The smallest absolute Gasteiger partial charge is 0.261 e. The first kappa shape index (κ1) is 12.6. The van der Waals surface area contributed by atoms with E-state index in [1.54, 1.807) is 19.2 Å². The van der Waals surface area contributed by atoms with Crippen molar-refractivity contribution >= 4 is 5.69 Å². The number of rotatable bonds is 3. The van der Waals surface area contributed by atoms with E-state index in [1.807, 2.05) is 6.07 Å². The van der Waals surface area contributed by atoms with E-state index in [0.717, 1.165) is 30.7 Å². The molecule has 0 radical (unpaired) electrons. The van der Waals surface area contributed by atoms with E-state index in [2.05, 4.69) is 10.1 Å². The first-order valence-corrected chi connectivity index (χ1v) is 7.17. The summed E-state index contributed by atoms with van der Waals surface area (Å²) < 4.78 is 16.6. The van der Waals surface area contributed by atoms with Crippen LogP contribution in [-0.4, -0.2) is 29.5 Å². The molecule has 3 heterocycles. The van der Waals surface area contributed by atoms with E-state index in [1.165, 1.54) is 0 Å². The SMILES string of the molecule is COc1cc(N)ccc1-c1nc(C2CC3CCC2O3)no1. The number of ether oxygens (including phenoxy) is 2. The van der Waals surface area contributed by atoms with Gasteiger partial charge in [-0.15, -0.1) is 0 Å². The Balaban J connectivity index is 1.65. The number of benzene rings is 1. The molecule has 6 heteroatoms. The van der Waals surface area contributed by atoms with Crippen molar-refractivity contribution in [2.45, 2.75) is 37.4 Å². The number of nitrogens with zero attached hydrogens (tertiary/aromatic N) is 2. The highest BCUT2D eigenvalue weighted by Crippen LogP contribution is 2.44. The van der Waals surface area contributed by atoms with E-state index in [9.17, 15) is 0 Å². The maximum atomic E-state index is 5.85. The molecule has 21 heavy (non-hydrogen) atoms. The van der Waals surface area contributed by atoms with Gasteiger partial charge >= 0.3 is 0 Å². The molecule has 6 nitrogen and oxygen atoms in total. The topological polar surface area (TPSA) is 83.4 Å². The summed E-state index contributed by atoms with van der Waals surface area (Å²) in [6.07, 6.45) is 3.84. The zero-order valence-corrected chi connectivity index (χ0v) is 11.8. The lowest BCUT2D eigenvalue weighted by atomic mass is 9.89. The normalized spacial score (nSPS) is 27.2. The fourth-order valence-electron chi connectivity index (χ4n) is 3.29. The van der Waals surface area contributed by atoms with Crippen LogP contribution in [0.4, 0.5) is 5.69 Å². The summed E-state index contributed by atoms with van der Waals surface area (Å²) in [7, 11) is 1.60. The van der Waals surface area contributed by atoms with Crippen molar-refractivity contribution in [1.82, 2.24) is 10.1 Å². The molecule has 1 aromatic heterocycles. The zero-order valence-electron chi connectivity index (χ0n) is 11.8. The minimum atomic E-state index is 0.244. The average molecular weight is 287 g/mol. The monoisotopic (exact) mass is 287 g/mol. The number of fused-ring (bicyclic) bond motifs is 2. The summed E-state index contributed by atoms with van der Waals surface area (Å²) >= 11 is 0. The van der Waals surface area contributed by atoms with Crippen molar-refractivity contribution in [2.24, 2.45) is 0 Å². The second kappa shape index (κ2) is 4.73. The first-order valence-electron chi connectivity index (χ1n) is 7.17. The Labute approximate surface area is 122 Å². The number of anilines is 1. The van der Waals surface area contributed by atoms with Crippen LogP contribution in [0.3, 0.4) is 0 Å². The van der Waals surface area contributed by atoms with Crippen LogP contribution in [0.25, 0.3) is 11.5 Å². The van der Waals surface area contributed by atoms with Crippen LogP contribution in [0.2, 0.25) is 0 Å². The van der Waals surface area contributed by atoms with Gasteiger partial charge in [0.2, 0.25) is 0 Å². The lowest BCUT2D eigenvalue weighted by Crippen LogP contribution is -2.15. The molecule has 3 unspecified atom stereocenters. The molecule has 4 rings (SSSR count). The van der Waals surface area contributed by atoms with Crippen molar-refractivity contribution in [2.75, 3.05) is 12.8 Å². The molecule has 0 amide bonds. The average Bonchev–Trinajstić information content (AvgIpc) is 3.22. The van der Waals surface area contributed by atoms with Gasteiger partial charge in [-0.05, 0) is 31.4 Å². The Kier molecular flexibility index (Phi) is 2.85. The molecule has 2 bridgehead atoms. The third kappa shape index (κ3) is 2.06. The number of methoxy groups -OCH3 is 1. The number of nitrogen functional groups attached to an aromatic ring is 1. The van der Waals surface area contributed by atoms with Gasteiger partial charge in [0.15, 0.2) is 5.82 Å². The molecule has 0 aliphatic carbocycles. The van der Waals surface area contributed by atoms with Crippen LogP contribution in [0.1, 0.15) is 31.0 Å². The van der Waals surface area contributed by atoms with Crippen LogP contribution >= 0.6 is 0 Å². The van der Waals surface area contributed by atoms with Crippen molar-refractivity contribution in [3.63, 3.8) is 0 Å². The Morgan fingerprint density at radius 2 is 2.24 bits per heavy atom. The molecule has 1 aromatic carbocycles. The van der Waals surface area contributed by atoms with Gasteiger partial charge < -0.3 is 19.7 Å². The molecule has 0 spiro atoms. The van der Waals surface area contributed by atoms with E-state index in [0.29, 0.717) is 23.4 Å². The molecule has 3 atom stereocenters. The second-order valence-corrected chi connectivity index (χ2v) is 5.63. The van der Waals surface area contributed by atoms with Gasteiger partial charge in [-0.3, -0.25) is 0 Å². The van der Waals surface area contributed by atoms with Crippen LogP contribution in [0.5, 0.6) is 5.75 Å². The molecule has 2 N–H and O–H groups in total. The number of nitrogens with two attached hydrogens (primary N) is 1. The highest BCUT2D eigenvalue weighted by atomic mass is 16.5. The van der Waals surface area contributed by atoms with Gasteiger partial charge in [-0.25, -0.2) is 0 Å². The van der Waals surface area contributed by atoms with E-state index < -0.39 is 0 Å². The predicted octanol–water partition coefficient (Wildman–Crippen LogP) is 2.36. The quantitative estimate of drug-likeness (QED) is 0.872. The number of hydrogen-bond donors (Lipinski definition) is 1. The molecule has 2 fully saturated rings. The molecule has 2 aliphatic heterocycles. The summed E-state index contributed by atoms with van der Waals surface area (Å²) in [4.78, 5) is 4.54. The maximum Gasteiger partial charge on any atom is 0.261 e. The second-order valence-electron chi connectivity index (χ2n) is 5.63. The van der Waals surface area contributed by atoms with Gasteiger partial charge in [0.1, 0.15) is 5.75 Å². The van der Waals surface area contributed by atoms with Crippen molar-refractivity contribution < 1.29 is 14.0 Å². The third-order valence-electron chi connectivity index (χ3n) is 4.34. The summed E-state index contributed by atoms with van der Waals surface area (Å²) in [5.74, 6) is 2.08. The predicted molar refractivity (Wildman–Crippen MR) is 76.0 cm³/mol. The fraction of sp³-hybridized carbons (Fsp3) is 0.467. The molecule has 0 saturated carbocycles. The lowest BCUT2D eigenvalue weighted by molar-refractivity contribution is 0.0996. The third-order valence-corrected chi connectivity index (χ3v) is 4.34. The van der Waals surface area contributed by atoms with Gasteiger partial charge in [0.05, 0.1) is 30.8 Å². The Hall–Kier alpha value is -2.08. The molecule has 110 valence electrons. The molecule has 2 aromatic rings. The maximum absolute atomic E-state index is 5.85. The van der Waals surface area contributed by atoms with Crippen LogP contribution in [-0.2, 0) is 4.74 Å². The first-order chi connectivity index (χ1) is 10.2. The molecule has 2 saturated heterocycles. The standard InChI is InChI=1S/C15H17N3O3/c1-19-13-6-8(16)2-4-10(13)15-17-14(18-21-15)11-7-9-3-5-12(11)20-9/h2,4,6,9,11-12H,3,5,7,16H2,1H3. The Morgan fingerprint density at radius 1 is 1.33 bits per heavy atom. The van der Waals surface area contributed by atoms with Gasteiger partial charge in [-0.2, -0.15) is 4.98 Å². The van der Waals surface area contributed by atoms with Crippen molar-refractivity contribution in [3.8, 4) is 17.2 Å². The number of hydrogen-bond acceptors (Lipinski definition) is 6. The minimum absolute atomic E-state index is 0.244. The van der Waals surface area contributed by atoms with Gasteiger partial charge in [0, 0.05) is 11.8 Å². The Bertz CT molecular complexity index is 670. The van der Waals surface area contributed by atoms with Crippen LogP contribution < -0.4 is 10.5 Å². The van der Waals surface area contributed by atoms with E-state index in [4.69, 9.17) is 19.7 Å². The highest BCUT2D eigenvalue weighted by Gasteiger charge is 2.43. The fourth-order valence-corrected chi connectivity index (χ4v) is 3.29. The van der Waals surface area contributed by atoms with E-state index >= 15 is 0 Å². The minimum Gasteiger partial charge on any atom is -0.496 e. The summed E-state index contributed by atoms with van der Waals surface area (Å²) in [5, 5.41) is 4.14. The summed E-state index contributed by atoms with van der Waals surface area (Å²) in [6, 6.07) is 5.38. The zero-order chi connectivity index (χ0) is 14.4. The lowest BCUT2D eigenvalue weighted by Gasteiger charge is -2.13. The van der Waals surface area contributed by atoms with Crippen LogP contribution in [0, 0.1) is 0 Å². The highest BCUT2D eigenvalue weighted by molar-refractivity contribution is 5.66. The van der Waals surface area contributed by atoms with Crippen LogP contribution in [0.15, 0.2) is 22.7 Å².